The van der Waals surface area contributed by atoms with Gasteiger partial charge in [0, 0.05) is 30.4 Å². The molecule has 1 fully saturated rings. The molecule has 4 rings (SSSR count). The van der Waals surface area contributed by atoms with E-state index in [9.17, 15) is 4.79 Å². The minimum absolute atomic E-state index is 0.0142. The minimum Gasteiger partial charge on any atom is -0.335 e. The summed E-state index contributed by atoms with van der Waals surface area (Å²) in [6.07, 6.45) is 5.09. The van der Waals surface area contributed by atoms with Crippen LogP contribution >= 0.6 is 0 Å². The summed E-state index contributed by atoms with van der Waals surface area (Å²) in [5.41, 5.74) is 2.68. The normalized spacial score (nSPS) is 17.0. The van der Waals surface area contributed by atoms with Crippen LogP contribution in [0.1, 0.15) is 47.9 Å². The van der Waals surface area contributed by atoms with Crippen molar-refractivity contribution in [3.05, 3.63) is 65.6 Å². The minimum atomic E-state index is -0.0142. The zero-order chi connectivity index (χ0) is 17.9. The molecule has 2 aromatic heterocycles. The van der Waals surface area contributed by atoms with Crippen molar-refractivity contribution in [2.75, 3.05) is 6.54 Å². The Hall–Kier alpha value is -3.13. The number of likely N-dealkylation sites (tertiary alicyclic amines) is 1. The van der Waals surface area contributed by atoms with Crippen LogP contribution in [0.4, 0.5) is 0 Å². The molecule has 0 bridgehead atoms. The lowest BCUT2D eigenvalue weighted by Gasteiger charge is -2.32. The lowest BCUT2D eigenvalue weighted by atomic mass is 10.0. The van der Waals surface area contributed by atoms with Gasteiger partial charge in [0.15, 0.2) is 11.3 Å². The lowest BCUT2D eigenvalue weighted by Crippen LogP contribution is -2.42. The van der Waals surface area contributed by atoms with E-state index in [2.05, 4.69) is 28.8 Å². The first kappa shape index (κ1) is 16.3. The number of hydrogen-bond donors (Lipinski definition) is 0. The predicted octanol–water partition coefficient (Wildman–Crippen LogP) is 3.14. The van der Waals surface area contributed by atoms with Gasteiger partial charge in [-0.25, -0.2) is 9.50 Å². The molecule has 1 unspecified atom stereocenters. The molecule has 1 saturated heterocycles. The van der Waals surface area contributed by atoms with Gasteiger partial charge in [-0.05, 0) is 50.3 Å². The summed E-state index contributed by atoms with van der Waals surface area (Å²) in [6.45, 7) is 2.90. The van der Waals surface area contributed by atoms with Crippen molar-refractivity contribution in [1.29, 1.82) is 0 Å². The summed E-state index contributed by atoms with van der Waals surface area (Å²) in [7, 11) is 0. The Kier molecular flexibility index (Phi) is 4.40. The molecule has 130 valence electrons. The first-order valence-electron chi connectivity index (χ1n) is 8.95. The van der Waals surface area contributed by atoms with Crippen LogP contribution < -0.4 is 0 Å². The predicted molar refractivity (Wildman–Crippen MR) is 99.8 cm³/mol. The molecule has 0 aliphatic carbocycles. The van der Waals surface area contributed by atoms with Crippen LogP contribution in [0.2, 0.25) is 0 Å². The van der Waals surface area contributed by atoms with E-state index in [0.29, 0.717) is 17.0 Å². The number of amides is 1. The molecule has 26 heavy (non-hydrogen) atoms. The molecule has 1 aliphatic heterocycles. The van der Waals surface area contributed by atoms with Crippen molar-refractivity contribution < 1.29 is 4.79 Å². The van der Waals surface area contributed by atoms with E-state index in [1.807, 2.05) is 41.3 Å². The van der Waals surface area contributed by atoms with Crippen LogP contribution in [0.5, 0.6) is 0 Å². The maximum atomic E-state index is 12.8. The number of carbonyl (C=O) groups excluding carboxylic acids is 1. The maximum Gasteiger partial charge on any atom is 0.274 e. The Balaban J connectivity index is 1.60. The van der Waals surface area contributed by atoms with Crippen LogP contribution in [0, 0.1) is 11.8 Å². The van der Waals surface area contributed by atoms with Crippen LogP contribution in [0.3, 0.4) is 0 Å². The summed E-state index contributed by atoms with van der Waals surface area (Å²) in [6, 6.07) is 13.6. The van der Waals surface area contributed by atoms with Crippen LogP contribution in [-0.2, 0) is 0 Å². The molecule has 1 aliphatic rings. The molecule has 1 aromatic carbocycles. The van der Waals surface area contributed by atoms with E-state index in [0.717, 1.165) is 24.9 Å². The smallest absolute Gasteiger partial charge is 0.274 e. The van der Waals surface area contributed by atoms with Crippen molar-refractivity contribution in [3.8, 4) is 11.8 Å². The standard InChI is InChI=1S/C21H20N4O/c1-16-7-5-6-13-24(16)21(26)19-15-20-22-18(12-14-25(20)23-19)11-10-17-8-3-2-4-9-17/h2-4,8-9,12,14-16H,5-7,13H2,1H3. The Morgan fingerprint density at radius 2 is 2.00 bits per heavy atom. The van der Waals surface area contributed by atoms with E-state index in [1.165, 1.54) is 6.42 Å². The molecular weight excluding hydrogens is 324 g/mol. The molecule has 5 heteroatoms. The zero-order valence-electron chi connectivity index (χ0n) is 14.7. The second-order valence-corrected chi connectivity index (χ2v) is 6.60. The molecule has 0 spiro atoms. The highest BCUT2D eigenvalue weighted by atomic mass is 16.2. The lowest BCUT2D eigenvalue weighted by molar-refractivity contribution is 0.0629. The number of fused-ring (bicyclic) bond motifs is 1. The van der Waals surface area contributed by atoms with Crippen molar-refractivity contribution in [1.82, 2.24) is 19.5 Å². The van der Waals surface area contributed by atoms with Gasteiger partial charge in [0.05, 0.1) is 0 Å². The summed E-state index contributed by atoms with van der Waals surface area (Å²) in [5, 5.41) is 4.40. The van der Waals surface area contributed by atoms with Gasteiger partial charge in [-0.3, -0.25) is 4.79 Å². The molecule has 0 saturated carbocycles. The Labute approximate surface area is 152 Å². The second kappa shape index (κ2) is 7.01. The third-order valence-corrected chi connectivity index (χ3v) is 4.72. The summed E-state index contributed by atoms with van der Waals surface area (Å²) < 4.78 is 1.63. The Morgan fingerprint density at radius 1 is 1.15 bits per heavy atom. The van der Waals surface area contributed by atoms with Gasteiger partial charge in [0.1, 0.15) is 5.69 Å². The van der Waals surface area contributed by atoms with Crippen molar-refractivity contribution in [2.45, 2.75) is 32.2 Å². The van der Waals surface area contributed by atoms with Gasteiger partial charge in [-0.15, -0.1) is 0 Å². The molecule has 1 atom stereocenters. The average molecular weight is 344 g/mol. The van der Waals surface area contributed by atoms with E-state index in [1.54, 1.807) is 16.8 Å². The summed E-state index contributed by atoms with van der Waals surface area (Å²) >= 11 is 0. The van der Waals surface area contributed by atoms with Gasteiger partial charge in [-0.2, -0.15) is 5.10 Å². The molecule has 0 radical (unpaired) electrons. The summed E-state index contributed by atoms with van der Waals surface area (Å²) in [5.74, 6) is 6.15. The topological polar surface area (TPSA) is 50.5 Å². The van der Waals surface area contributed by atoms with Crippen molar-refractivity contribution >= 4 is 11.6 Å². The average Bonchev–Trinajstić information content (AvgIpc) is 3.10. The van der Waals surface area contributed by atoms with Crippen LogP contribution in [0.25, 0.3) is 5.65 Å². The number of carbonyl (C=O) groups is 1. The van der Waals surface area contributed by atoms with Gasteiger partial charge in [-0.1, -0.05) is 24.1 Å². The number of piperidine rings is 1. The van der Waals surface area contributed by atoms with E-state index in [-0.39, 0.29) is 11.9 Å². The first-order chi connectivity index (χ1) is 12.7. The molecule has 3 aromatic rings. The van der Waals surface area contributed by atoms with Gasteiger partial charge in [0.25, 0.3) is 5.91 Å². The third-order valence-electron chi connectivity index (χ3n) is 4.72. The SMILES string of the molecule is CC1CCCCN1C(=O)c1cc2nc(C#Cc3ccccc3)ccn2n1. The number of aromatic nitrogens is 3. The largest absolute Gasteiger partial charge is 0.335 e. The Morgan fingerprint density at radius 3 is 2.81 bits per heavy atom. The monoisotopic (exact) mass is 344 g/mol. The molecule has 5 nitrogen and oxygen atoms in total. The second-order valence-electron chi connectivity index (χ2n) is 6.60. The fourth-order valence-electron chi connectivity index (χ4n) is 3.26. The zero-order valence-corrected chi connectivity index (χ0v) is 14.7. The molecular formula is C21H20N4O. The molecule has 3 heterocycles. The first-order valence-corrected chi connectivity index (χ1v) is 8.95. The van der Waals surface area contributed by atoms with Crippen molar-refractivity contribution in [2.24, 2.45) is 0 Å². The maximum absolute atomic E-state index is 12.8. The quantitative estimate of drug-likeness (QED) is 0.637. The van der Waals surface area contributed by atoms with Gasteiger partial charge in [0.2, 0.25) is 0 Å². The number of rotatable bonds is 1. The highest BCUT2D eigenvalue weighted by Gasteiger charge is 2.26. The van der Waals surface area contributed by atoms with E-state index >= 15 is 0 Å². The summed E-state index contributed by atoms with van der Waals surface area (Å²) in [4.78, 5) is 19.2. The number of hydrogen-bond acceptors (Lipinski definition) is 3. The highest BCUT2D eigenvalue weighted by Crippen LogP contribution is 2.19. The third kappa shape index (κ3) is 3.31. The van der Waals surface area contributed by atoms with E-state index < -0.39 is 0 Å². The van der Waals surface area contributed by atoms with E-state index in [4.69, 9.17) is 0 Å². The number of benzene rings is 1. The van der Waals surface area contributed by atoms with Gasteiger partial charge < -0.3 is 4.90 Å². The van der Waals surface area contributed by atoms with Crippen LogP contribution in [0.15, 0.2) is 48.7 Å². The molecule has 0 N–H and O–H groups in total. The highest BCUT2D eigenvalue weighted by molar-refractivity contribution is 5.93. The number of nitrogens with zero attached hydrogens (tertiary/aromatic N) is 4. The van der Waals surface area contributed by atoms with Crippen LogP contribution in [-0.4, -0.2) is 38.0 Å². The molecule has 1 amide bonds. The van der Waals surface area contributed by atoms with Gasteiger partial charge >= 0.3 is 0 Å². The fourth-order valence-corrected chi connectivity index (χ4v) is 3.26. The fraction of sp³-hybridized carbons (Fsp3) is 0.286. The van der Waals surface area contributed by atoms with Crippen molar-refractivity contribution in [3.63, 3.8) is 0 Å². The Bertz CT molecular complexity index is 997.